The van der Waals surface area contributed by atoms with Crippen LogP contribution < -0.4 is 5.32 Å². The summed E-state index contributed by atoms with van der Waals surface area (Å²) in [5.41, 5.74) is 0.695. The number of aromatic carboxylic acids is 1. The SMILES string of the molecule is CC(C)CCCCNc1cccnc1C(=O)O. The van der Waals surface area contributed by atoms with Crippen LogP contribution >= 0.6 is 0 Å². The number of hydrogen-bond donors (Lipinski definition) is 2. The zero-order valence-electron chi connectivity index (χ0n) is 10.4. The summed E-state index contributed by atoms with van der Waals surface area (Å²) < 4.78 is 0. The molecule has 4 heteroatoms. The quantitative estimate of drug-likeness (QED) is 0.714. The lowest BCUT2D eigenvalue weighted by Crippen LogP contribution is -2.09. The molecule has 0 aliphatic rings. The minimum Gasteiger partial charge on any atom is -0.476 e. The van der Waals surface area contributed by atoms with Crippen LogP contribution in [0.15, 0.2) is 18.3 Å². The van der Waals surface area contributed by atoms with Gasteiger partial charge in [0.15, 0.2) is 5.69 Å². The molecule has 0 atom stereocenters. The van der Waals surface area contributed by atoms with Crippen LogP contribution in [0.4, 0.5) is 5.69 Å². The van der Waals surface area contributed by atoms with Gasteiger partial charge in [0.2, 0.25) is 0 Å². The van der Waals surface area contributed by atoms with Crippen molar-refractivity contribution < 1.29 is 9.90 Å². The molecule has 0 spiro atoms. The third kappa shape index (κ3) is 4.85. The van der Waals surface area contributed by atoms with Gasteiger partial charge < -0.3 is 10.4 Å². The topological polar surface area (TPSA) is 62.2 Å². The summed E-state index contributed by atoms with van der Waals surface area (Å²) in [5.74, 6) is -0.266. The third-order valence-corrected chi connectivity index (χ3v) is 2.53. The number of unbranched alkanes of at least 4 members (excludes halogenated alkanes) is 1. The molecule has 0 aromatic carbocycles. The number of carboxylic acids is 1. The molecule has 4 nitrogen and oxygen atoms in total. The molecule has 0 amide bonds. The minimum absolute atomic E-state index is 0.0939. The van der Waals surface area contributed by atoms with Crippen molar-refractivity contribution >= 4 is 11.7 Å². The number of rotatable bonds is 7. The summed E-state index contributed by atoms with van der Waals surface area (Å²) in [5, 5.41) is 12.1. The van der Waals surface area contributed by atoms with Crippen molar-refractivity contribution in [2.24, 2.45) is 5.92 Å². The summed E-state index contributed by atoms with van der Waals surface area (Å²) in [6.07, 6.45) is 4.91. The second-order valence-corrected chi connectivity index (χ2v) is 4.52. The lowest BCUT2D eigenvalue weighted by molar-refractivity contribution is 0.0691. The lowest BCUT2D eigenvalue weighted by atomic mass is 10.1. The van der Waals surface area contributed by atoms with E-state index < -0.39 is 5.97 Å². The van der Waals surface area contributed by atoms with Crippen molar-refractivity contribution in [2.45, 2.75) is 33.1 Å². The van der Waals surface area contributed by atoms with Crippen LogP contribution in [-0.2, 0) is 0 Å². The highest BCUT2D eigenvalue weighted by Gasteiger charge is 2.09. The minimum atomic E-state index is -0.990. The van der Waals surface area contributed by atoms with Gasteiger partial charge in [0, 0.05) is 12.7 Å². The molecule has 0 aliphatic carbocycles. The second-order valence-electron chi connectivity index (χ2n) is 4.52. The Morgan fingerprint density at radius 1 is 1.47 bits per heavy atom. The summed E-state index contributed by atoms with van der Waals surface area (Å²) in [6, 6.07) is 3.49. The Balaban J connectivity index is 2.39. The van der Waals surface area contributed by atoms with Gasteiger partial charge in [-0.3, -0.25) is 0 Å². The normalized spacial score (nSPS) is 10.5. The first-order chi connectivity index (χ1) is 8.11. The molecule has 17 heavy (non-hydrogen) atoms. The number of carboxylic acid groups (broad SMARTS) is 1. The van der Waals surface area contributed by atoms with Crippen LogP contribution in [0, 0.1) is 5.92 Å². The first-order valence-electron chi connectivity index (χ1n) is 6.03. The van der Waals surface area contributed by atoms with Gasteiger partial charge in [0.25, 0.3) is 0 Å². The average molecular weight is 236 g/mol. The van der Waals surface area contributed by atoms with Crippen molar-refractivity contribution in [1.82, 2.24) is 4.98 Å². The van der Waals surface area contributed by atoms with Crippen molar-refractivity contribution in [3.8, 4) is 0 Å². The van der Waals surface area contributed by atoms with E-state index in [1.165, 1.54) is 12.6 Å². The number of anilines is 1. The smallest absolute Gasteiger partial charge is 0.356 e. The van der Waals surface area contributed by atoms with Gasteiger partial charge in [-0.05, 0) is 24.5 Å². The van der Waals surface area contributed by atoms with Gasteiger partial charge in [0.05, 0.1) is 5.69 Å². The number of hydrogen-bond acceptors (Lipinski definition) is 3. The Hall–Kier alpha value is -1.58. The van der Waals surface area contributed by atoms with E-state index in [1.54, 1.807) is 12.1 Å². The van der Waals surface area contributed by atoms with Crippen molar-refractivity contribution in [1.29, 1.82) is 0 Å². The van der Waals surface area contributed by atoms with Crippen molar-refractivity contribution in [2.75, 3.05) is 11.9 Å². The zero-order valence-corrected chi connectivity index (χ0v) is 10.4. The molecule has 1 aromatic heterocycles. The van der Waals surface area contributed by atoms with Gasteiger partial charge in [-0.15, -0.1) is 0 Å². The van der Waals surface area contributed by atoms with E-state index in [-0.39, 0.29) is 5.69 Å². The molecular weight excluding hydrogens is 216 g/mol. The molecule has 0 unspecified atom stereocenters. The van der Waals surface area contributed by atoms with Crippen LogP contribution in [0.5, 0.6) is 0 Å². The fourth-order valence-electron chi connectivity index (χ4n) is 1.62. The molecule has 0 saturated carbocycles. The second kappa shape index (κ2) is 6.89. The number of aromatic nitrogens is 1. The van der Waals surface area contributed by atoms with E-state index in [4.69, 9.17) is 5.11 Å². The summed E-state index contributed by atoms with van der Waals surface area (Å²) in [7, 11) is 0. The number of nitrogens with one attached hydrogen (secondary N) is 1. The maximum Gasteiger partial charge on any atom is 0.356 e. The van der Waals surface area contributed by atoms with Gasteiger partial charge in [-0.25, -0.2) is 9.78 Å². The van der Waals surface area contributed by atoms with E-state index in [0.717, 1.165) is 25.3 Å². The van der Waals surface area contributed by atoms with Crippen molar-refractivity contribution in [3.63, 3.8) is 0 Å². The van der Waals surface area contributed by atoms with E-state index in [0.29, 0.717) is 5.69 Å². The molecule has 0 fully saturated rings. The predicted octanol–water partition coefficient (Wildman–Crippen LogP) is 3.02. The predicted molar refractivity (Wildman–Crippen MR) is 68.4 cm³/mol. The van der Waals surface area contributed by atoms with Gasteiger partial charge >= 0.3 is 5.97 Å². The number of carbonyl (C=O) groups is 1. The monoisotopic (exact) mass is 236 g/mol. The van der Waals surface area contributed by atoms with E-state index in [2.05, 4.69) is 24.1 Å². The van der Waals surface area contributed by atoms with Crippen LogP contribution in [0.2, 0.25) is 0 Å². The molecule has 1 heterocycles. The Labute approximate surface area is 102 Å². The fourth-order valence-corrected chi connectivity index (χ4v) is 1.62. The molecule has 1 rings (SSSR count). The summed E-state index contributed by atoms with van der Waals surface area (Å²) in [4.78, 5) is 14.7. The number of pyridine rings is 1. The first-order valence-corrected chi connectivity index (χ1v) is 6.03. The van der Waals surface area contributed by atoms with Gasteiger partial charge in [-0.2, -0.15) is 0 Å². The molecule has 2 N–H and O–H groups in total. The lowest BCUT2D eigenvalue weighted by Gasteiger charge is -2.09. The third-order valence-electron chi connectivity index (χ3n) is 2.53. The summed E-state index contributed by atoms with van der Waals surface area (Å²) >= 11 is 0. The van der Waals surface area contributed by atoms with Crippen molar-refractivity contribution in [3.05, 3.63) is 24.0 Å². The molecule has 1 aromatic rings. The van der Waals surface area contributed by atoms with E-state index in [1.807, 2.05) is 0 Å². The highest BCUT2D eigenvalue weighted by molar-refractivity contribution is 5.91. The first kappa shape index (κ1) is 13.5. The Morgan fingerprint density at radius 2 is 2.24 bits per heavy atom. The molecule has 0 radical (unpaired) electrons. The maximum atomic E-state index is 10.9. The fraction of sp³-hybridized carbons (Fsp3) is 0.538. The van der Waals surface area contributed by atoms with Crippen LogP contribution in [-0.4, -0.2) is 22.6 Å². The molecule has 0 aliphatic heterocycles. The Morgan fingerprint density at radius 3 is 2.88 bits per heavy atom. The van der Waals surface area contributed by atoms with E-state index >= 15 is 0 Å². The summed E-state index contributed by atoms with van der Waals surface area (Å²) in [6.45, 7) is 5.20. The van der Waals surface area contributed by atoms with Crippen LogP contribution in [0.25, 0.3) is 0 Å². The molecular formula is C13H20N2O2. The Kier molecular flexibility index (Phi) is 5.46. The van der Waals surface area contributed by atoms with Crippen LogP contribution in [0.3, 0.4) is 0 Å². The Bertz CT molecular complexity index is 364. The zero-order chi connectivity index (χ0) is 12.7. The average Bonchev–Trinajstić information content (AvgIpc) is 2.28. The van der Waals surface area contributed by atoms with E-state index in [9.17, 15) is 4.79 Å². The number of nitrogens with zero attached hydrogens (tertiary/aromatic N) is 1. The molecule has 0 bridgehead atoms. The molecule has 0 saturated heterocycles. The standard InChI is InChI=1S/C13H20N2O2/c1-10(2)6-3-4-8-14-11-7-5-9-15-12(11)13(16)17/h5,7,9-10,14H,3-4,6,8H2,1-2H3,(H,16,17). The highest BCUT2D eigenvalue weighted by atomic mass is 16.4. The highest BCUT2D eigenvalue weighted by Crippen LogP contribution is 2.12. The largest absolute Gasteiger partial charge is 0.476 e. The maximum absolute atomic E-state index is 10.9. The van der Waals surface area contributed by atoms with Crippen LogP contribution in [0.1, 0.15) is 43.6 Å². The molecule has 94 valence electrons. The van der Waals surface area contributed by atoms with Gasteiger partial charge in [0.1, 0.15) is 0 Å². The van der Waals surface area contributed by atoms with Gasteiger partial charge in [-0.1, -0.05) is 26.7 Å².